The van der Waals surface area contributed by atoms with E-state index in [9.17, 15) is 4.39 Å². The van der Waals surface area contributed by atoms with Crippen LogP contribution in [0.15, 0.2) is 23.8 Å². The summed E-state index contributed by atoms with van der Waals surface area (Å²) in [5.41, 5.74) is 8.52. The average Bonchev–Trinajstić information content (AvgIpc) is 2.37. The Kier molecular flexibility index (Phi) is 6.19. The first-order valence-electron chi connectivity index (χ1n) is 6.39. The molecule has 3 N–H and O–H groups in total. The zero-order valence-corrected chi connectivity index (χ0v) is 12.1. The van der Waals surface area contributed by atoms with Crippen molar-refractivity contribution in [3.63, 3.8) is 0 Å². The Balaban J connectivity index is 2.75. The fraction of sp³-hybridized carbons (Fsp3) is 0.400. The van der Waals surface area contributed by atoms with Gasteiger partial charge in [-0.25, -0.2) is 4.39 Å². The number of allylic oxidation sites excluding steroid dienone is 2. The maximum absolute atomic E-state index is 13.4. The largest absolute Gasteiger partial charge is 0.326 e. The number of benzene rings is 1. The lowest BCUT2D eigenvalue weighted by Gasteiger charge is -2.08. The molecule has 0 saturated heterocycles. The number of nitrogens with one attached hydrogen (secondary N) is 1. The number of halogens is 2. The van der Waals surface area contributed by atoms with E-state index in [1.54, 1.807) is 6.07 Å². The highest BCUT2D eigenvalue weighted by Crippen LogP contribution is 2.22. The maximum Gasteiger partial charge on any atom is 0.129 e. The topological polar surface area (TPSA) is 49.9 Å². The fourth-order valence-electron chi connectivity index (χ4n) is 1.73. The zero-order chi connectivity index (χ0) is 14.4. The molecule has 19 heavy (non-hydrogen) atoms. The molecule has 0 aromatic heterocycles. The van der Waals surface area contributed by atoms with Crippen molar-refractivity contribution in [3.8, 4) is 0 Å². The van der Waals surface area contributed by atoms with Crippen LogP contribution in [0.1, 0.15) is 37.8 Å². The third kappa shape index (κ3) is 4.77. The second kappa shape index (κ2) is 7.41. The summed E-state index contributed by atoms with van der Waals surface area (Å²) in [6.45, 7) is 4.22. The first-order valence-corrected chi connectivity index (χ1v) is 6.77. The summed E-state index contributed by atoms with van der Waals surface area (Å²) < 4.78 is 13.4. The van der Waals surface area contributed by atoms with Gasteiger partial charge < -0.3 is 11.1 Å². The number of aryl methyl sites for hydroxylation is 1. The highest BCUT2D eigenvalue weighted by atomic mass is 35.5. The zero-order valence-electron chi connectivity index (χ0n) is 11.4. The Bertz CT molecular complexity index is 495. The predicted octanol–water partition coefficient (Wildman–Crippen LogP) is 4.25. The van der Waals surface area contributed by atoms with Crippen LogP contribution in [0.25, 0.3) is 0 Å². The lowest BCUT2D eigenvalue weighted by molar-refractivity contribution is 0.609. The minimum Gasteiger partial charge on any atom is -0.326 e. The highest BCUT2D eigenvalue weighted by molar-refractivity contribution is 6.31. The van der Waals surface area contributed by atoms with Crippen molar-refractivity contribution in [1.82, 2.24) is 0 Å². The Labute approximate surface area is 119 Å². The lowest BCUT2D eigenvalue weighted by Crippen LogP contribution is -2.03. The lowest BCUT2D eigenvalue weighted by atomic mass is 10.0. The SMILES string of the molecule is CC/C(C)=C/C(=N)CCc1cc(CN)c(F)cc1Cl. The van der Waals surface area contributed by atoms with Crippen molar-refractivity contribution in [1.29, 1.82) is 5.41 Å². The van der Waals surface area contributed by atoms with Gasteiger partial charge in [0.2, 0.25) is 0 Å². The molecule has 0 unspecified atom stereocenters. The van der Waals surface area contributed by atoms with Crippen molar-refractivity contribution in [2.45, 2.75) is 39.7 Å². The van der Waals surface area contributed by atoms with Gasteiger partial charge in [-0.05, 0) is 43.9 Å². The van der Waals surface area contributed by atoms with Crippen LogP contribution in [0.2, 0.25) is 5.02 Å². The van der Waals surface area contributed by atoms with E-state index in [2.05, 4.69) is 6.92 Å². The van der Waals surface area contributed by atoms with Crippen molar-refractivity contribution in [2.75, 3.05) is 0 Å². The molecule has 0 heterocycles. The number of hydrogen-bond donors (Lipinski definition) is 2. The third-order valence-corrected chi connectivity index (χ3v) is 3.43. The van der Waals surface area contributed by atoms with Gasteiger partial charge >= 0.3 is 0 Å². The van der Waals surface area contributed by atoms with Crippen molar-refractivity contribution < 1.29 is 4.39 Å². The molecule has 0 bridgehead atoms. The van der Waals surface area contributed by atoms with Crippen LogP contribution in [0.5, 0.6) is 0 Å². The van der Waals surface area contributed by atoms with Gasteiger partial charge in [-0.2, -0.15) is 0 Å². The Hall–Kier alpha value is -1.19. The van der Waals surface area contributed by atoms with Gasteiger partial charge in [-0.1, -0.05) is 30.2 Å². The van der Waals surface area contributed by atoms with Crippen LogP contribution in [0.4, 0.5) is 4.39 Å². The van der Waals surface area contributed by atoms with Crippen LogP contribution >= 0.6 is 11.6 Å². The molecule has 0 amide bonds. The van der Waals surface area contributed by atoms with Gasteiger partial charge in [0.1, 0.15) is 5.82 Å². The number of nitrogens with two attached hydrogens (primary N) is 1. The molecule has 0 aliphatic carbocycles. The Morgan fingerprint density at radius 1 is 1.42 bits per heavy atom. The maximum atomic E-state index is 13.4. The van der Waals surface area contributed by atoms with Crippen molar-refractivity contribution >= 4 is 17.3 Å². The number of rotatable bonds is 6. The summed E-state index contributed by atoms with van der Waals surface area (Å²) >= 11 is 6.01. The van der Waals surface area contributed by atoms with Crippen LogP contribution in [-0.4, -0.2) is 5.71 Å². The molecule has 0 aliphatic rings. The molecule has 0 aliphatic heterocycles. The molecule has 0 atom stereocenters. The van der Waals surface area contributed by atoms with E-state index in [-0.39, 0.29) is 12.4 Å². The molecule has 1 aromatic carbocycles. The first kappa shape index (κ1) is 15.9. The summed E-state index contributed by atoms with van der Waals surface area (Å²) in [6.07, 6.45) is 4.03. The Morgan fingerprint density at radius 3 is 2.68 bits per heavy atom. The highest BCUT2D eigenvalue weighted by Gasteiger charge is 2.08. The molecular formula is C15H20ClFN2. The monoisotopic (exact) mass is 282 g/mol. The summed E-state index contributed by atoms with van der Waals surface area (Å²) in [4.78, 5) is 0. The van der Waals surface area contributed by atoms with E-state index in [0.29, 0.717) is 29.1 Å². The van der Waals surface area contributed by atoms with Crippen LogP contribution in [0.3, 0.4) is 0 Å². The Morgan fingerprint density at radius 2 is 2.11 bits per heavy atom. The summed E-state index contributed by atoms with van der Waals surface area (Å²) in [7, 11) is 0. The van der Waals surface area contributed by atoms with Crippen LogP contribution in [0, 0.1) is 11.2 Å². The molecule has 0 spiro atoms. The van der Waals surface area contributed by atoms with E-state index in [0.717, 1.165) is 12.0 Å². The van der Waals surface area contributed by atoms with Crippen molar-refractivity contribution in [3.05, 3.63) is 45.7 Å². The third-order valence-electron chi connectivity index (χ3n) is 3.08. The smallest absolute Gasteiger partial charge is 0.129 e. The van der Waals surface area contributed by atoms with Gasteiger partial charge in [0, 0.05) is 22.8 Å². The summed E-state index contributed by atoms with van der Waals surface area (Å²) in [6, 6.07) is 3.00. The molecule has 0 saturated carbocycles. The molecule has 104 valence electrons. The van der Waals surface area contributed by atoms with Crippen LogP contribution < -0.4 is 5.73 Å². The van der Waals surface area contributed by atoms with Gasteiger partial charge in [-0.15, -0.1) is 0 Å². The van der Waals surface area contributed by atoms with Gasteiger partial charge in [-0.3, -0.25) is 0 Å². The van der Waals surface area contributed by atoms with Gasteiger partial charge in [0.05, 0.1) is 0 Å². The van der Waals surface area contributed by atoms with Crippen molar-refractivity contribution in [2.24, 2.45) is 5.73 Å². The average molecular weight is 283 g/mol. The standard InChI is InChI=1S/C15H20ClFN2/c1-3-10(2)6-13(19)5-4-11-7-12(9-18)15(17)8-14(11)16/h6-8,19H,3-5,9,18H2,1-2H3/b10-6+,19-13?. The predicted molar refractivity (Wildman–Crippen MR) is 79.4 cm³/mol. The van der Waals surface area contributed by atoms with E-state index in [1.807, 2.05) is 13.0 Å². The van der Waals surface area contributed by atoms with Gasteiger partial charge in [0.25, 0.3) is 0 Å². The van der Waals surface area contributed by atoms with E-state index >= 15 is 0 Å². The molecule has 4 heteroatoms. The van der Waals surface area contributed by atoms with E-state index < -0.39 is 0 Å². The molecule has 0 fully saturated rings. The quantitative estimate of drug-likeness (QED) is 0.753. The molecule has 1 aromatic rings. The molecule has 0 radical (unpaired) electrons. The fourth-order valence-corrected chi connectivity index (χ4v) is 1.98. The second-order valence-corrected chi connectivity index (χ2v) is 5.02. The van der Waals surface area contributed by atoms with Crippen LogP contribution in [-0.2, 0) is 13.0 Å². The minimum atomic E-state index is -0.368. The molecule has 1 rings (SSSR count). The summed E-state index contributed by atoms with van der Waals surface area (Å²) in [5, 5.41) is 8.27. The molecular weight excluding hydrogens is 263 g/mol. The summed E-state index contributed by atoms with van der Waals surface area (Å²) in [5.74, 6) is -0.368. The molecule has 2 nitrogen and oxygen atoms in total. The minimum absolute atomic E-state index is 0.155. The first-order chi connectivity index (χ1) is 8.97. The number of hydrogen-bond acceptors (Lipinski definition) is 2. The van der Waals surface area contributed by atoms with E-state index in [1.165, 1.54) is 11.6 Å². The second-order valence-electron chi connectivity index (χ2n) is 4.61. The van der Waals surface area contributed by atoms with Gasteiger partial charge in [0.15, 0.2) is 0 Å². The van der Waals surface area contributed by atoms with E-state index in [4.69, 9.17) is 22.7 Å². The normalized spacial score (nSPS) is 11.7.